The topological polar surface area (TPSA) is 72.8 Å². The van der Waals surface area contributed by atoms with Crippen molar-refractivity contribution in [2.45, 2.75) is 341 Å². The van der Waals surface area contributed by atoms with E-state index in [2.05, 4.69) is 184 Å². The Kier molecular flexibility index (Phi) is 74.4. The molecule has 0 aromatic rings. The van der Waals surface area contributed by atoms with Crippen molar-refractivity contribution in [1.82, 2.24) is 0 Å². The van der Waals surface area contributed by atoms with Crippen LogP contribution in [0.3, 0.4) is 0 Å². The predicted octanol–water partition coefficient (Wildman–Crippen LogP) is 26.8. The highest BCUT2D eigenvalue weighted by Crippen LogP contribution is 2.18. The molecule has 0 radical (unpaired) electrons. The first-order valence-electron chi connectivity index (χ1n) is 37.7. The van der Waals surface area contributed by atoms with Gasteiger partial charge in [0.15, 0.2) is 6.10 Å². The summed E-state index contributed by atoms with van der Waals surface area (Å²) in [4.78, 5) is 24.7. The van der Waals surface area contributed by atoms with Crippen LogP contribution in [0.4, 0.5) is 0 Å². The Hall–Kier alpha value is -4.74. The highest BCUT2D eigenvalue weighted by atomic mass is 16.6. The van der Waals surface area contributed by atoms with Crippen LogP contribution in [0.2, 0.25) is 0 Å². The molecule has 0 aliphatic carbocycles. The van der Waals surface area contributed by atoms with Crippen molar-refractivity contribution >= 4 is 11.9 Å². The van der Waals surface area contributed by atoms with Gasteiger partial charge in [0.05, 0.1) is 6.61 Å². The SMILES string of the molecule is CC/C=C\C/C=C\C/C=C\C/C=C\C/C=C\C/C=C\C/C=C\C/C=C\CCCCCCCCCCCCCCC(=O)OC(CO)COC(=O)CCCCCCCCCCCCCCCCCCCCCC/C=C\C/C=C\C/C=C\C/C=C\C/C=C\C/C=C\CC. The maximum atomic E-state index is 12.4. The van der Waals surface area contributed by atoms with Crippen molar-refractivity contribution in [3.05, 3.63) is 170 Å². The summed E-state index contributed by atoms with van der Waals surface area (Å²) < 4.78 is 10.8. The first-order chi connectivity index (χ1) is 44.6. The summed E-state index contributed by atoms with van der Waals surface area (Å²) in [6, 6.07) is 0. The van der Waals surface area contributed by atoms with Crippen LogP contribution in [0.25, 0.3) is 0 Å². The Labute approximate surface area is 557 Å². The second-order valence-corrected chi connectivity index (χ2v) is 24.6. The molecule has 0 amide bonds. The average Bonchev–Trinajstić information content (AvgIpc) is 3.62. The van der Waals surface area contributed by atoms with E-state index in [0.717, 1.165) is 128 Å². The van der Waals surface area contributed by atoms with Crippen LogP contribution >= 0.6 is 0 Å². The number of aliphatic hydroxyl groups excluding tert-OH is 1. The molecule has 5 nitrogen and oxygen atoms in total. The third-order valence-electron chi connectivity index (χ3n) is 16.0. The van der Waals surface area contributed by atoms with Gasteiger partial charge in [-0.2, -0.15) is 0 Å². The van der Waals surface area contributed by atoms with Crippen LogP contribution in [0.5, 0.6) is 0 Å². The van der Waals surface area contributed by atoms with Gasteiger partial charge in [-0.15, -0.1) is 0 Å². The van der Waals surface area contributed by atoms with E-state index in [1.54, 1.807) is 0 Å². The smallest absolute Gasteiger partial charge is 0.306 e. The first-order valence-corrected chi connectivity index (χ1v) is 37.7. The molecule has 0 aromatic carbocycles. The van der Waals surface area contributed by atoms with Gasteiger partial charge < -0.3 is 14.6 Å². The fraction of sp³-hybridized carbons (Fsp3) is 0.647. The predicted molar refractivity (Wildman–Crippen MR) is 398 cm³/mol. The lowest BCUT2D eigenvalue weighted by atomic mass is 10.0. The summed E-state index contributed by atoms with van der Waals surface area (Å²) in [6.07, 6.45) is 121. The summed E-state index contributed by atoms with van der Waals surface area (Å²) in [5.74, 6) is -0.588. The number of carbonyl (C=O) groups excluding carboxylic acids is 2. The lowest BCUT2D eigenvalue weighted by Crippen LogP contribution is -2.28. The third-order valence-corrected chi connectivity index (χ3v) is 16.0. The van der Waals surface area contributed by atoms with Gasteiger partial charge in [-0.25, -0.2) is 0 Å². The number of hydrogen-bond donors (Lipinski definition) is 1. The molecular formula is C85H140O5. The van der Waals surface area contributed by atoms with Gasteiger partial charge in [0.25, 0.3) is 0 Å². The van der Waals surface area contributed by atoms with Crippen LogP contribution in [0.15, 0.2) is 170 Å². The fourth-order valence-electron chi connectivity index (χ4n) is 10.5. The van der Waals surface area contributed by atoms with Gasteiger partial charge in [-0.05, 0) is 128 Å². The summed E-state index contributed by atoms with van der Waals surface area (Å²) in [5.41, 5.74) is 0. The quantitative estimate of drug-likeness (QED) is 0.0373. The van der Waals surface area contributed by atoms with Crippen molar-refractivity contribution < 1.29 is 24.2 Å². The summed E-state index contributed by atoms with van der Waals surface area (Å²) in [7, 11) is 0. The largest absolute Gasteiger partial charge is 0.462 e. The van der Waals surface area contributed by atoms with Crippen molar-refractivity contribution in [2.24, 2.45) is 0 Å². The number of esters is 2. The normalized spacial score (nSPS) is 13.2. The number of hydrogen-bond acceptors (Lipinski definition) is 5. The number of unbranched alkanes of at least 4 members (excludes halogenated alkanes) is 32. The van der Waals surface area contributed by atoms with E-state index >= 15 is 0 Å². The number of rotatable bonds is 68. The minimum atomic E-state index is -0.783. The lowest BCUT2D eigenvalue weighted by molar-refractivity contribution is -0.161. The van der Waals surface area contributed by atoms with Gasteiger partial charge in [0.2, 0.25) is 0 Å². The molecule has 510 valence electrons. The van der Waals surface area contributed by atoms with Gasteiger partial charge in [0, 0.05) is 12.8 Å². The molecule has 0 bridgehead atoms. The molecule has 0 saturated heterocycles. The monoisotopic (exact) mass is 1240 g/mol. The van der Waals surface area contributed by atoms with Crippen LogP contribution < -0.4 is 0 Å². The number of carbonyl (C=O) groups is 2. The van der Waals surface area contributed by atoms with Gasteiger partial charge in [0.1, 0.15) is 6.61 Å². The van der Waals surface area contributed by atoms with Gasteiger partial charge >= 0.3 is 11.9 Å². The lowest BCUT2D eigenvalue weighted by Gasteiger charge is -2.15. The number of ether oxygens (including phenoxy) is 2. The molecule has 0 aromatic heterocycles. The molecule has 90 heavy (non-hydrogen) atoms. The third kappa shape index (κ3) is 75.7. The second-order valence-electron chi connectivity index (χ2n) is 24.6. The minimum absolute atomic E-state index is 0.0711. The van der Waals surface area contributed by atoms with Crippen molar-refractivity contribution in [1.29, 1.82) is 0 Å². The summed E-state index contributed by atoms with van der Waals surface area (Å²) >= 11 is 0. The Morgan fingerprint density at radius 3 is 0.667 bits per heavy atom. The molecule has 0 spiro atoms. The Morgan fingerprint density at radius 2 is 0.444 bits per heavy atom. The Morgan fingerprint density at radius 1 is 0.256 bits per heavy atom. The Bertz CT molecular complexity index is 1940. The van der Waals surface area contributed by atoms with Crippen molar-refractivity contribution in [3.8, 4) is 0 Å². The van der Waals surface area contributed by atoms with E-state index < -0.39 is 6.10 Å². The molecule has 0 heterocycles. The maximum absolute atomic E-state index is 12.4. The standard InChI is InChI=1S/C85H140O5/c1-3-5-7-9-11-13-15-17-19-21-23-25-27-29-31-33-35-37-39-41-42-44-45-47-49-51-53-55-57-59-61-63-65-67-69-71-73-75-77-79-84(87)89-82-83(81-86)90-85(88)80-78-76-74-72-70-68-66-64-62-60-58-56-54-52-50-48-46-43-40-38-36-34-32-30-28-26-24-22-20-18-16-14-12-10-8-6-4-2/h5-8,11-14,17-20,23-26,29-32,35-38,43,46,50,52,83,86H,3-4,9-10,15-16,21-22,27-28,33-34,39-42,44-45,47-49,51,53-82H2,1-2H3/b7-5-,8-6-,13-11-,14-12-,19-17-,20-18-,25-23-,26-24-,31-29-,32-30-,37-35-,38-36-,46-43-,52-50-. The zero-order valence-electron chi connectivity index (χ0n) is 58.6. The first kappa shape index (κ1) is 85.3. The van der Waals surface area contributed by atoms with E-state index in [4.69, 9.17) is 9.47 Å². The van der Waals surface area contributed by atoms with Crippen LogP contribution in [0, 0.1) is 0 Å². The zero-order valence-corrected chi connectivity index (χ0v) is 58.6. The average molecular weight is 1240 g/mol. The molecule has 1 atom stereocenters. The van der Waals surface area contributed by atoms with E-state index in [9.17, 15) is 14.7 Å². The molecule has 5 heteroatoms. The second kappa shape index (κ2) is 78.5. The van der Waals surface area contributed by atoms with E-state index in [1.807, 2.05) is 0 Å². The minimum Gasteiger partial charge on any atom is -0.462 e. The molecule has 0 saturated carbocycles. The Balaban J connectivity index is 3.49. The summed E-state index contributed by atoms with van der Waals surface area (Å²) in [6.45, 7) is 3.93. The molecule has 0 aliphatic heterocycles. The van der Waals surface area contributed by atoms with Crippen molar-refractivity contribution in [3.63, 3.8) is 0 Å². The van der Waals surface area contributed by atoms with Crippen molar-refractivity contribution in [2.75, 3.05) is 13.2 Å². The van der Waals surface area contributed by atoms with E-state index in [1.165, 1.54) is 180 Å². The maximum Gasteiger partial charge on any atom is 0.306 e. The molecule has 0 aliphatic rings. The molecule has 0 fully saturated rings. The van der Waals surface area contributed by atoms with Crippen LogP contribution in [0.1, 0.15) is 335 Å². The molecular weight excluding hydrogens is 1100 g/mol. The highest BCUT2D eigenvalue weighted by Gasteiger charge is 2.16. The van der Waals surface area contributed by atoms with Gasteiger partial charge in [-0.1, -0.05) is 364 Å². The zero-order chi connectivity index (χ0) is 64.7. The van der Waals surface area contributed by atoms with E-state index in [-0.39, 0.29) is 25.2 Å². The number of allylic oxidation sites excluding steroid dienone is 28. The highest BCUT2D eigenvalue weighted by molar-refractivity contribution is 5.70. The number of aliphatic hydroxyl groups is 1. The van der Waals surface area contributed by atoms with Crippen LogP contribution in [-0.2, 0) is 19.1 Å². The summed E-state index contributed by atoms with van der Waals surface area (Å²) in [5, 5.41) is 9.72. The molecule has 1 unspecified atom stereocenters. The van der Waals surface area contributed by atoms with Crippen LogP contribution in [-0.4, -0.2) is 36.4 Å². The van der Waals surface area contributed by atoms with Gasteiger partial charge in [-0.3, -0.25) is 9.59 Å². The molecule has 1 N–H and O–H groups in total. The molecule has 0 rings (SSSR count). The fourth-order valence-corrected chi connectivity index (χ4v) is 10.5. The van der Waals surface area contributed by atoms with E-state index in [0.29, 0.717) is 12.8 Å².